The molecule has 0 amide bonds. The Kier molecular flexibility index (Phi) is 2.87. The van der Waals surface area contributed by atoms with Gasteiger partial charge in [0, 0.05) is 0 Å². The summed E-state index contributed by atoms with van der Waals surface area (Å²) in [5.41, 5.74) is -1.69. The molecule has 0 saturated heterocycles. The zero-order valence-corrected chi connectivity index (χ0v) is 9.79. The van der Waals surface area contributed by atoms with Crippen LogP contribution in [0.1, 0.15) is 30.9 Å². The molecule has 0 aromatic heterocycles. The first-order valence-electron chi connectivity index (χ1n) is 5.69. The lowest BCUT2D eigenvalue weighted by Gasteiger charge is -2.45. The van der Waals surface area contributed by atoms with Gasteiger partial charge in [-0.1, -0.05) is 25.1 Å². The SMILES string of the molecule is CC1CCC1(C(=O)O)c1cccc(C(F)(F)F)c1. The second-order valence-electron chi connectivity index (χ2n) is 4.79. The van der Waals surface area contributed by atoms with Gasteiger partial charge >= 0.3 is 12.1 Å². The van der Waals surface area contributed by atoms with E-state index in [0.717, 1.165) is 18.6 Å². The van der Waals surface area contributed by atoms with Crippen molar-refractivity contribution in [1.29, 1.82) is 0 Å². The summed E-state index contributed by atoms with van der Waals surface area (Å²) in [4.78, 5) is 11.4. The van der Waals surface area contributed by atoms with Crippen molar-refractivity contribution in [3.05, 3.63) is 35.4 Å². The number of hydrogen-bond acceptors (Lipinski definition) is 1. The Morgan fingerprint density at radius 2 is 2.11 bits per heavy atom. The normalized spacial score (nSPS) is 27.7. The Morgan fingerprint density at radius 1 is 1.44 bits per heavy atom. The topological polar surface area (TPSA) is 37.3 Å². The van der Waals surface area contributed by atoms with Crippen molar-refractivity contribution in [1.82, 2.24) is 0 Å². The van der Waals surface area contributed by atoms with E-state index >= 15 is 0 Å². The van der Waals surface area contributed by atoms with Crippen molar-refractivity contribution in [2.24, 2.45) is 5.92 Å². The molecular weight excluding hydrogens is 245 g/mol. The molecule has 1 saturated carbocycles. The highest BCUT2D eigenvalue weighted by molar-refractivity contribution is 5.83. The Hall–Kier alpha value is -1.52. The third-order valence-electron chi connectivity index (χ3n) is 3.90. The molecule has 1 aromatic rings. The largest absolute Gasteiger partial charge is 0.481 e. The first-order valence-corrected chi connectivity index (χ1v) is 5.69. The van der Waals surface area contributed by atoms with Crippen molar-refractivity contribution in [2.45, 2.75) is 31.4 Å². The van der Waals surface area contributed by atoms with Gasteiger partial charge in [-0.2, -0.15) is 13.2 Å². The van der Waals surface area contributed by atoms with Gasteiger partial charge in [0.15, 0.2) is 0 Å². The van der Waals surface area contributed by atoms with Crippen molar-refractivity contribution in [3.63, 3.8) is 0 Å². The molecule has 0 spiro atoms. The molecule has 0 bridgehead atoms. The molecule has 1 aromatic carbocycles. The summed E-state index contributed by atoms with van der Waals surface area (Å²) >= 11 is 0. The van der Waals surface area contributed by atoms with Crippen LogP contribution < -0.4 is 0 Å². The lowest BCUT2D eigenvalue weighted by atomic mass is 9.57. The highest BCUT2D eigenvalue weighted by Crippen LogP contribution is 2.49. The van der Waals surface area contributed by atoms with Gasteiger partial charge in [0.2, 0.25) is 0 Å². The van der Waals surface area contributed by atoms with Gasteiger partial charge in [0.25, 0.3) is 0 Å². The average Bonchev–Trinajstić information content (AvgIpc) is 2.26. The van der Waals surface area contributed by atoms with Gasteiger partial charge in [-0.25, -0.2) is 0 Å². The number of rotatable bonds is 2. The van der Waals surface area contributed by atoms with Crippen LogP contribution in [0.15, 0.2) is 24.3 Å². The molecule has 1 N–H and O–H groups in total. The molecule has 1 fully saturated rings. The van der Waals surface area contributed by atoms with Gasteiger partial charge in [-0.05, 0) is 30.4 Å². The van der Waals surface area contributed by atoms with Crippen LogP contribution in [0.4, 0.5) is 13.2 Å². The molecule has 2 unspecified atom stereocenters. The first-order chi connectivity index (χ1) is 8.28. The van der Waals surface area contributed by atoms with E-state index in [0.29, 0.717) is 6.42 Å². The zero-order chi connectivity index (χ0) is 13.6. The maximum atomic E-state index is 12.6. The highest BCUT2D eigenvalue weighted by atomic mass is 19.4. The minimum Gasteiger partial charge on any atom is -0.481 e. The van der Waals surface area contributed by atoms with Gasteiger partial charge < -0.3 is 5.11 Å². The number of benzene rings is 1. The van der Waals surface area contributed by atoms with Gasteiger partial charge in [-0.15, -0.1) is 0 Å². The summed E-state index contributed by atoms with van der Waals surface area (Å²) in [5.74, 6) is -1.18. The Labute approximate surface area is 102 Å². The molecule has 2 rings (SSSR count). The number of halogens is 3. The fraction of sp³-hybridized carbons (Fsp3) is 0.462. The molecule has 2 nitrogen and oxygen atoms in total. The third-order valence-corrected chi connectivity index (χ3v) is 3.90. The van der Waals surface area contributed by atoms with Crippen LogP contribution in [0, 0.1) is 5.92 Å². The zero-order valence-electron chi connectivity index (χ0n) is 9.79. The number of aliphatic carboxylic acids is 1. The molecule has 2 atom stereocenters. The van der Waals surface area contributed by atoms with Crippen LogP contribution >= 0.6 is 0 Å². The predicted molar refractivity (Wildman–Crippen MR) is 59.2 cm³/mol. The van der Waals surface area contributed by atoms with Gasteiger partial charge in [-0.3, -0.25) is 4.79 Å². The summed E-state index contributed by atoms with van der Waals surface area (Å²) in [6, 6.07) is 4.67. The Balaban J connectivity index is 2.48. The van der Waals surface area contributed by atoms with Crippen LogP contribution in [-0.2, 0) is 16.4 Å². The molecule has 5 heteroatoms. The lowest BCUT2D eigenvalue weighted by Crippen LogP contribution is -2.49. The molecule has 18 heavy (non-hydrogen) atoms. The Bertz CT molecular complexity index is 481. The number of carbonyl (C=O) groups is 1. The third kappa shape index (κ3) is 1.78. The van der Waals surface area contributed by atoms with Gasteiger partial charge in [0.1, 0.15) is 0 Å². The minimum atomic E-state index is -4.44. The van der Waals surface area contributed by atoms with Crippen LogP contribution in [0.5, 0.6) is 0 Å². The van der Waals surface area contributed by atoms with E-state index in [1.165, 1.54) is 12.1 Å². The second-order valence-corrected chi connectivity index (χ2v) is 4.79. The standard InChI is InChI=1S/C13H13F3O2/c1-8-5-6-12(8,11(17)18)9-3-2-4-10(7-9)13(14,15)16/h2-4,7-8H,5-6H2,1H3,(H,17,18). The molecule has 0 heterocycles. The molecule has 1 aliphatic carbocycles. The summed E-state index contributed by atoms with van der Waals surface area (Å²) in [5, 5.41) is 9.32. The van der Waals surface area contributed by atoms with Crippen molar-refractivity contribution < 1.29 is 23.1 Å². The van der Waals surface area contributed by atoms with E-state index in [9.17, 15) is 23.1 Å². The van der Waals surface area contributed by atoms with Crippen LogP contribution in [-0.4, -0.2) is 11.1 Å². The highest BCUT2D eigenvalue weighted by Gasteiger charge is 2.52. The average molecular weight is 258 g/mol. The van der Waals surface area contributed by atoms with E-state index in [2.05, 4.69) is 0 Å². The molecule has 0 radical (unpaired) electrons. The number of hydrogen-bond donors (Lipinski definition) is 1. The summed E-state index contributed by atoms with van der Waals surface area (Å²) in [7, 11) is 0. The van der Waals surface area contributed by atoms with Gasteiger partial charge in [0.05, 0.1) is 11.0 Å². The first kappa shape index (κ1) is 12.9. The lowest BCUT2D eigenvalue weighted by molar-refractivity contribution is -0.151. The van der Waals surface area contributed by atoms with E-state index < -0.39 is 23.1 Å². The minimum absolute atomic E-state index is 0.140. The summed E-state index contributed by atoms with van der Waals surface area (Å²) in [6.07, 6.45) is -3.32. The Morgan fingerprint density at radius 3 is 2.50 bits per heavy atom. The van der Waals surface area contributed by atoms with Crippen LogP contribution in [0.3, 0.4) is 0 Å². The maximum Gasteiger partial charge on any atom is 0.416 e. The number of carboxylic acid groups (broad SMARTS) is 1. The number of carboxylic acids is 1. The molecule has 0 aliphatic heterocycles. The van der Waals surface area contributed by atoms with Crippen molar-refractivity contribution >= 4 is 5.97 Å². The fourth-order valence-electron chi connectivity index (χ4n) is 2.56. The van der Waals surface area contributed by atoms with Crippen LogP contribution in [0.2, 0.25) is 0 Å². The summed E-state index contributed by atoms with van der Waals surface area (Å²) in [6.45, 7) is 1.76. The molecule has 1 aliphatic rings. The fourth-order valence-corrected chi connectivity index (χ4v) is 2.56. The van der Waals surface area contributed by atoms with E-state index in [1.54, 1.807) is 6.92 Å². The van der Waals surface area contributed by atoms with E-state index in [1.807, 2.05) is 0 Å². The van der Waals surface area contributed by atoms with Crippen molar-refractivity contribution in [3.8, 4) is 0 Å². The smallest absolute Gasteiger partial charge is 0.416 e. The predicted octanol–water partition coefficient (Wildman–Crippen LogP) is 3.46. The second kappa shape index (κ2) is 4.00. The van der Waals surface area contributed by atoms with E-state index in [4.69, 9.17) is 0 Å². The summed E-state index contributed by atoms with van der Waals surface area (Å²) < 4.78 is 37.9. The molecule has 98 valence electrons. The number of alkyl halides is 3. The quantitative estimate of drug-likeness (QED) is 0.882. The molecular formula is C13H13F3O2. The van der Waals surface area contributed by atoms with E-state index in [-0.39, 0.29) is 11.5 Å². The van der Waals surface area contributed by atoms with Crippen LogP contribution in [0.25, 0.3) is 0 Å². The maximum absolute atomic E-state index is 12.6. The monoisotopic (exact) mass is 258 g/mol. The van der Waals surface area contributed by atoms with Crippen molar-refractivity contribution in [2.75, 3.05) is 0 Å².